The molecule has 4 aromatic carbocycles. The topological polar surface area (TPSA) is 124 Å². The number of aromatic nitrogens is 3. The van der Waals surface area contributed by atoms with E-state index in [0.717, 1.165) is 20.6 Å². The Hall–Kier alpha value is -5.22. The molecule has 0 fully saturated rings. The van der Waals surface area contributed by atoms with Crippen LogP contribution in [0, 0.1) is 0 Å². The Labute approximate surface area is 275 Å². The second-order valence-corrected chi connectivity index (χ2v) is 13.3. The van der Waals surface area contributed by atoms with E-state index in [0.29, 0.717) is 33.6 Å². The highest BCUT2D eigenvalue weighted by atomic mass is 32.2. The number of hydrogen-bond donors (Lipinski definition) is 2. The van der Waals surface area contributed by atoms with Gasteiger partial charge in [-0.2, -0.15) is 9.55 Å². The third-order valence-electron chi connectivity index (χ3n) is 7.22. The summed E-state index contributed by atoms with van der Waals surface area (Å²) in [7, 11) is -1.34. The lowest BCUT2D eigenvalue weighted by atomic mass is 10.1. The molecule has 2 N–H and O–H groups in total. The van der Waals surface area contributed by atoms with Crippen LogP contribution in [0.3, 0.4) is 0 Å². The van der Waals surface area contributed by atoms with E-state index in [9.17, 15) is 9.59 Å². The van der Waals surface area contributed by atoms with Crippen molar-refractivity contribution in [1.82, 2.24) is 24.9 Å². The fourth-order valence-electron chi connectivity index (χ4n) is 4.92. The Kier molecular flexibility index (Phi) is 9.49. The maximum atomic E-state index is 15.1. The molecular weight excluding hydrogens is 633 g/mol. The number of rotatable bonds is 11. The minimum atomic E-state index is -4.19. The molecule has 2 aromatic heterocycles. The normalized spacial score (nSPS) is 12.6. The van der Waals surface area contributed by atoms with E-state index in [1.54, 1.807) is 37.5 Å². The summed E-state index contributed by atoms with van der Waals surface area (Å²) < 4.78 is 27.6. The molecule has 0 unspecified atom stereocenters. The third-order valence-corrected chi connectivity index (χ3v) is 10.1. The number of nitrogens with one attached hydrogen (secondary N) is 2. The highest BCUT2D eigenvalue weighted by molar-refractivity contribution is 7.99. The first-order valence-corrected chi connectivity index (χ1v) is 17.0. The molecule has 1 amide bonds. The van der Waals surface area contributed by atoms with Gasteiger partial charge in [0.1, 0.15) is 12.3 Å². The van der Waals surface area contributed by atoms with Gasteiger partial charge in [0.2, 0.25) is 0 Å². The van der Waals surface area contributed by atoms with Gasteiger partial charge in [-0.15, -0.1) is 0 Å². The molecule has 2 heterocycles. The number of amides is 1. The molecule has 6 aromatic rings. The number of hydrogen-bond acceptors (Lipinski definition) is 8. The number of carbonyl (C=O) groups excluding carboxylic acids is 2. The molecule has 236 valence electrons. The van der Waals surface area contributed by atoms with E-state index in [2.05, 4.69) is 15.4 Å². The van der Waals surface area contributed by atoms with Gasteiger partial charge >= 0.3 is 13.6 Å². The molecule has 0 aliphatic heterocycles. The van der Waals surface area contributed by atoms with E-state index in [1.807, 2.05) is 91.0 Å². The third kappa shape index (κ3) is 6.97. The Bertz CT molecular complexity index is 2160. The van der Waals surface area contributed by atoms with Gasteiger partial charge < -0.3 is 14.6 Å². The van der Waals surface area contributed by atoms with E-state index in [1.165, 1.54) is 23.3 Å². The molecule has 1 atom stereocenters. The molecule has 10 nitrogen and oxygen atoms in total. The zero-order chi connectivity index (χ0) is 32.8. The monoisotopic (exact) mass is 663 g/mol. The number of ether oxygens (including phenoxy) is 1. The molecule has 0 saturated heterocycles. The van der Waals surface area contributed by atoms with Crippen molar-refractivity contribution < 1.29 is 23.4 Å². The average Bonchev–Trinajstić information content (AvgIpc) is 3.48. The van der Waals surface area contributed by atoms with E-state index >= 15 is 4.57 Å². The molecule has 12 heteroatoms. The molecular formula is C35H30N5O5PS. The summed E-state index contributed by atoms with van der Waals surface area (Å²) in [5.41, 5.74) is 2.23. The van der Waals surface area contributed by atoms with Crippen molar-refractivity contribution in [2.75, 3.05) is 20.7 Å². The van der Waals surface area contributed by atoms with Gasteiger partial charge in [0.15, 0.2) is 0 Å². The summed E-state index contributed by atoms with van der Waals surface area (Å²) in [6.07, 6.45) is 5.30. The maximum Gasteiger partial charge on any atom is 0.440 e. The summed E-state index contributed by atoms with van der Waals surface area (Å²) in [6, 6.07) is 31.5. The molecule has 47 heavy (non-hydrogen) atoms. The highest BCUT2D eigenvalue weighted by Gasteiger charge is 2.33. The van der Waals surface area contributed by atoms with Crippen LogP contribution in [0.5, 0.6) is 5.75 Å². The molecule has 0 saturated carbocycles. The SMILES string of the molecule is CNC(=O)c1ccccc1Sc1ccc2c(/C=C/c3ccccn3)nn([P@@](=O)(NCC(=O)OC)Oc3cccc4ccccc34)c2c1. The van der Waals surface area contributed by atoms with Gasteiger partial charge in [-0.25, -0.2) is 9.65 Å². The van der Waals surface area contributed by atoms with Crippen molar-refractivity contribution in [3.63, 3.8) is 0 Å². The molecule has 0 bridgehead atoms. The zero-order valence-electron chi connectivity index (χ0n) is 25.5. The second kappa shape index (κ2) is 14.0. The largest absolute Gasteiger partial charge is 0.468 e. The van der Waals surface area contributed by atoms with Crippen molar-refractivity contribution in [2.45, 2.75) is 9.79 Å². The van der Waals surface area contributed by atoms with Crippen molar-refractivity contribution in [3.05, 3.63) is 126 Å². The van der Waals surface area contributed by atoms with Crippen LogP contribution in [0.1, 0.15) is 21.7 Å². The van der Waals surface area contributed by atoms with Crippen molar-refractivity contribution in [2.24, 2.45) is 0 Å². The first kappa shape index (κ1) is 31.7. The number of pyridine rings is 1. The lowest BCUT2D eigenvalue weighted by Crippen LogP contribution is -2.27. The number of fused-ring (bicyclic) bond motifs is 2. The van der Waals surface area contributed by atoms with Gasteiger partial charge in [0, 0.05) is 33.8 Å². The van der Waals surface area contributed by atoms with Crippen LogP contribution in [0.15, 0.2) is 119 Å². The van der Waals surface area contributed by atoms with Crippen molar-refractivity contribution in [3.8, 4) is 5.75 Å². The van der Waals surface area contributed by atoms with Crippen LogP contribution in [-0.2, 0) is 14.1 Å². The van der Waals surface area contributed by atoms with Crippen molar-refractivity contribution >= 4 is 65.1 Å². The minimum Gasteiger partial charge on any atom is -0.468 e. The van der Waals surface area contributed by atoms with Crippen molar-refractivity contribution in [1.29, 1.82) is 0 Å². The molecule has 6 rings (SSSR count). The van der Waals surface area contributed by atoms with E-state index in [4.69, 9.17) is 14.4 Å². The van der Waals surface area contributed by atoms with Crippen LogP contribution in [0.4, 0.5) is 0 Å². The number of nitrogens with zero attached hydrogens (tertiary/aromatic N) is 3. The van der Waals surface area contributed by atoms with Gasteiger partial charge in [-0.05, 0) is 66.1 Å². The van der Waals surface area contributed by atoms with Crippen LogP contribution in [0.2, 0.25) is 0 Å². The molecule has 0 aliphatic carbocycles. The predicted octanol–water partition coefficient (Wildman–Crippen LogP) is 7.06. The van der Waals surface area contributed by atoms with Crippen LogP contribution in [-0.4, -0.2) is 47.1 Å². The first-order chi connectivity index (χ1) is 22.9. The second-order valence-electron chi connectivity index (χ2n) is 10.2. The minimum absolute atomic E-state index is 0.207. The van der Waals surface area contributed by atoms with Gasteiger partial charge in [0.05, 0.1) is 29.6 Å². The Morgan fingerprint density at radius 3 is 2.51 bits per heavy atom. The summed E-state index contributed by atoms with van der Waals surface area (Å²) in [5.74, 6) is -0.482. The zero-order valence-corrected chi connectivity index (χ0v) is 27.2. The quantitative estimate of drug-likeness (QED) is 0.111. The lowest BCUT2D eigenvalue weighted by Gasteiger charge is -2.21. The number of methoxy groups -OCH3 is 1. The van der Waals surface area contributed by atoms with Gasteiger partial charge in [-0.1, -0.05) is 66.4 Å². The summed E-state index contributed by atoms with van der Waals surface area (Å²) in [4.78, 5) is 30.8. The Balaban J connectivity index is 1.51. The van der Waals surface area contributed by atoms with E-state index in [-0.39, 0.29) is 5.91 Å². The molecule has 0 spiro atoms. The highest BCUT2D eigenvalue weighted by Crippen LogP contribution is 2.49. The summed E-state index contributed by atoms with van der Waals surface area (Å²) >= 11 is 1.38. The number of esters is 1. The fourth-order valence-corrected chi connectivity index (χ4v) is 7.59. The first-order valence-electron chi connectivity index (χ1n) is 14.6. The number of benzene rings is 4. The Morgan fingerprint density at radius 1 is 0.915 bits per heavy atom. The molecule has 0 aliphatic rings. The Morgan fingerprint density at radius 2 is 1.70 bits per heavy atom. The smallest absolute Gasteiger partial charge is 0.440 e. The lowest BCUT2D eigenvalue weighted by molar-refractivity contribution is -0.139. The standard InChI is InChI=1S/C35H30N5O5PS/c1-36-35(42)29-14-5-6-16-33(29)47-26-18-19-28-30(20-17-25-12-7-8-21-37-25)39-40(31(28)22-26)46(43,38-23-34(41)44-2)45-32-15-9-11-24-10-3-4-13-27(24)32/h3-22H,23H2,1-2H3,(H,36,42)(H,38,43)/b20-17+/t46-/m1/s1. The number of carbonyl (C=O) groups is 2. The summed E-state index contributed by atoms with van der Waals surface area (Å²) in [6.45, 7) is -0.396. The van der Waals surface area contributed by atoms with Crippen LogP contribution < -0.4 is 14.9 Å². The van der Waals surface area contributed by atoms with Gasteiger partial charge in [-0.3, -0.25) is 14.6 Å². The van der Waals surface area contributed by atoms with Gasteiger partial charge in [0.25, 0.3) is 5.91 Å². The van der Waals surface area contributed by atoms with E-state index < -0.39 is 20.2 Å². The maximum absolute atomic E-state index is 15.1. The molecule has 0 radical (unpaired) electrons. The fraction of sp³-hybridized carbons (Fsp3) is 0.0857. The van der Waals surface area contributed by atoms with Crippen LogP contribution >= 0.6 is 19.4 Å². The van der Waals surface area contributed by atoms with Crippen LogP contribution in [0.25, 0.3) is 33.8 Å². The summed E-state index contributed by atoms with van der Waals surface area (Å²) in [5, 5.41) is 12.6. The average molecular weight is 664 g/mol. The predicted molar refractivity (Wildman–Crippen MR) is 184 cm³/mol.